The van der Waals surface area contributed by atoms with E-state index in [4.69, 9.17) is 9.47 Å². The number of hydrogen-bond donors (Lipinski definition) is 3. The second kappa shape index (κ2) is 4.99. The molecule has 11 atom stereocenters. The summed E-state index contributed by atoms with van der Waals surface area (Å²) in [5.74, 6) is 0.860. The van der Waals surface area contributed by atoms with Gasteiger partial charge in [0.25, 0.3) is 0 Å². The van der Waals surface area contributed by atoms with Crippen molar-refractivity contribution in [3.8, 4) is 0 Å². The smallest absolute Gasteiger partial charge is 0.132 e. The highest BCUT2D eigenvalue weighted by atomic mass is 16.7. The fourth-order valence-corrected chi connectivity index (χ4v) is 7.98. The summed E-state index contributed by atoms with van der Waals surface area (Å²) in [4.78, 5) is 0. The quantitative estimate of drug-likeness (QED) is 0.623. The van der Waals surface area contributed by atoms with Gasteiger partial charge in [0.05, 0.1) is 18.3 Å². The van der Waals surface area contributed by atoms with Crippen LogP contribution in [0.25, 0.3) is 0 Å². The molecule has 5 nitrogen and oxygen atoms in total. The molecule has 25 heavy (non-hydrogen) atoms. The van der Waals surface area contributed by atoms with Crippen molar-refractivity contribution >= 4 is 0 Å². The third-order valence-electron chi connectivity index (χ3n) is 9.37. The van der Waals surface area contributed by atoms with Crippen LogP contribution in [0.1, 0.15) is 52.4 Å². The second-order valence-electron chi connectivity index (χ2n) is 9.93. The normalized spacial score (nSPS) is 65.5. The molecule has 5 aliphatic rings. The number of epoxide rings is 1. The molecule has 5 heteroatoms. The van der Waals surface area contributed by atoms with Gasteiger partial charge >= 0.3 is 0 Å². The average molecular weight is 352 g/mol. The van der Waals surface area contributed by atoms with E-state index >= 15 is 0 Å². The van der Waals surface area contributed by atoms with Crippen LogP contribution in [0.5, 0.6) is 0 Å². The van der Waals surface area contributed by atoms with E-state index in [1.807, 2.05) is 0 Å². The highest BCUT2D eigenvalue weighted by Gasteiger charge is 2.81. The minimum atomic E-state index is -0.590. The van der Waals surface area contributed by atoms with Crippen LogP contribution in [0.4, 0.5) is 0 Å². The fraction of sp³-hybridized carbons (Fsp3) is 1.00. The molecule has 4 saturated carbocycles. The van der Waals surface area contributed by atoms with Crippen molar-refractivity contribution in [1.29, 1.82) is 0 Å². The van der Waals surface area contributed by atoms with E-state index in [1.165, 1.54) is 0 Å². The molecule has 5 rings (SSSR count). The van der Waals surface area contributed by atoms with Crippen LogP contribution in [-0.4, -0.2) is 58.6 Å². The Hall–Kier alpha value is -0.200. The van der Waals surface area contributed by atoms with Crippen molar-refractivity contribution in [2.75, 3.05) is 7.11 Å². The van der Waals surface area contributed by atoms with Crippen LogP contribution in [0, 0.1) is 28.6 Å². The number of aliphatic hydroxyl groups is 3. The number of aliphatic hydroxyl groups excluding tert-OH is 3. The first kappa shape index (κ1) is 16.9. The third-order valence-corrected chi connectivity index (χ3v) is 9.37. The van der Waals surface area contributed by atoms with Gasteiger partial charge in [-0.25, -0.2) is 0 Å². The molecule has 1 spiro atoms. The van der Waals surface area contributed by atoms with Gasteiger partial charge in [0.15, 0.2) is 0 Å². The Morgan fingerprint density at radius 3 is 2.44 bits per heavy atom. The molecule has 5 fully saturated rings. The molecule has 0 unspecified atom stereocenters. The lowest BCUT2D eigenvalue weighted by Crippen LogP contribution is -2.69. The molecule has 0 aromatic rings. The van der Waals surface area contributed by atoms with E-state index in [0.717, 1.165) is 38.5 Å². The molecular weight excluding hydrogens is 320 g/mol. The molecular formula is C20H32O5. The number of hydrogen-bond acceptors (Lipinski definition) is 5. The Balaban J connectivity index is 1.59. The van der Waals surface area contributed by atoms with E-state index in [1.54, 1.807) is 7.11 Å². The lowest BCUT2D eigenvalue weighted by Gasteiger charge is -2.62. The Morgan fingerprint density at radius 2 is 1.72 bits per heavy atom. The molecule has 4 aliphatic carbocycles. The predicted molar refractivity (Wildman–Crippen MR) is 90.8 cm³/mol. The fourth-order valence-electron chi connectivity index (χ4n) is 7.98. The maximum Gasteiger partial charge on any atom is 0.132 e. The van der Waals surface area contributed by atoms with E-state index in [9.17, 15) is 15.3 Å². The van der Waals surface area contributed by atoms with Gasteiger partial charge < -0.3 is 24.8 Å². The van der Waals surface area contributed by atoms with Crippen molar-refractivity contribution in [1.82, 2.24) is 0 Å². The molecule has 0 amide bonds. The minimum Gasteiger partial charge on any atom is -0.393 e. The predicted octanol–water partition coefficient (Wildman–Crippen LogP) is 1.48. The zero-order valence-corrected chi connectivity index (χ0v) is 15.5. The van der Waals surface area contributed by atoms with Gasteiger partial charge in [-0.15, -0.1) is 0 Å². The van der Waals surface area contributed by atoms with Gasteiger partial charge in [-0.05, 0) is 61.7 Å². The first-order valence-electron chi connectivity index (χ1n) is 10.1. The molecule has 0 bridgehead atoms. The maximum absolute atomic E-state index is 11.4. The number of ether oxygens (including phenoxy) is 2. The highest BCUT2D eigenvalue weighted by Crippen LogP contribution is 2.72. The molecule has 0 aromatic carbocycles. The summed E-state index contributed by atoms with van der Waals surface area (Å²) in [6, 6.07) is 0. The van der Waals surface area contributed by atoms with Crippen molar-refractivity contribution in [3.63, 3.8) is 0 Å². The van der Waals surface area contributed by atoms with Gasteiger partial charge in [-0.3, -0.25) is 0 Å². The second-order valence-corrected chi connectivity index (χ2v) is 9.93. The van der Waals surface area contributed by atoms with Gasteiger partial charge in [0.2, 0.25) is 0 Å². The lowest BCUT2D eigenvalue weighted by molar-refractivity contribution is -0.227. The maximum atomic E-state index is 11.4. The number of methoxy groups -OCH3 is 1. The summed E-state index contributed by atoms with van der Waals surface area (Å²) < 4.78 is 12.0. The topological polar surface area (TPSA) is 82.5 Å². The Bertz CT molecular complexity index is 582. The molecule has 1 heterocycles. The van der Waals surface area contributed by atoms with E-state index in [-0.39, 0.29) is 29.0 Å². The van der Waals surface area contributed by atoms with Gasteiger partial charge in [-0.1, -0.05) is 13.8 Å². The summed E-state index contributed by atoms with van der Waals surface area (Å²) in [5, 5.41) is 32.4. The highest BCUT2D eigenvalue weighted by molar-refractivity contribution is 5.29. The molecule has 1 aliphatic heterocycles. The summed E-state index contributed by atoms with van der Waals surface area (Å²) in [6.45, 7) is 4.52. The van der Waals surface area contributed by atoms with Crippen LogP contribution in [0.15, 0.2) is 0 Å². The SMILES string of the molecule is CO[C@@H]1[C@@H](O)[C@H]2[C@@H]3CC[C@H](O)[C@@]3(C)CC[C@@H]2[C@@]2(C)CC[C@H](O)[C@@H]3O[C@]132. The van der Waals surface area contributed by atoms with E-state index in [2.05, 4.69) is 13.8 Å². The zero-order valence-electron chi connectivity index (χ0n) is 15.5. The number of fused-ring (bicyclic) bond motifs is 4. The van der Waals surface area contributed by atoms with Crippen molar-refractivity contribution in [2.24, 2.45) is 28.6 Å². The van der Waals surface area contributed by atoms with Crippen LogP contribution >= 0.6 is 0 Å². The van der Waals surface area contributed by atoms with Crippen LogP contribution in [-0.2, 0) is 9.47 Å². The van der Waals surface area contributed by atoms with Crippen LogP contribution in [0.2, 0.25) is 0 Å². The standard InChI is InChI=1S/C20H32O5/c1-18-8-6-11-14(10(18)4-5-13(18)22)15(23)17(24-3)20-16(25-20)12(21)7-9-19(11,20)2/h10-17,21-23H,4-9H2,1-3H3/t10-,11-,12-,13-,14-,15-,16-,17+,18-,19+,20-/m0/s1. The minimum absolute atomic E-state index is 0.0731. The number of rotatable bonds is 1. The molecule has 0 radical (unpaired) electrons. The summed E-state index contributed by atoms with van der Waals surface area (Å²) in [6.07, 6.45) is 3.67. The molecule has 142 valence electrons. The Labute approximate surface area is 149 Å². The van der Waals surface area contributed by atoms with Gasteiger partial charge in [-0.2, -0.15) is 0 Å². The average Bonchev–Trinajstić information content (AvgIpc) is 3.27. The first-order valence-corrected chi connectivity index (χ1v) is 10.1. The van der Waals surface area contributed by atoms with Crippen molar-refractivity contribution < 1.29 is 24.8 Å². The first-order chi connectivity index (χ1) is 11.8. The van der Waals surface area contributed by atoms with Gasteiger partial charge in [0.1, 0.15) is 17.8 Å². The van der Waals surface area contributed by atoms with Crippen molar-refractivity contribution in [2.45, 2.75) is 88.5 Å². The Morgan fingerprint density at radius 1 is 0.960 bits per heavy atom. The van der Waals surface area contributed by atoms with Crippen LogP contribution < -0.4 is 0 Å². The molecule has 1 saturated heterocycles. The molecule has 0 aromatic heterocycles. The zero-order chi connectivity index (χ0) is 17.8. The van der Waals surface area contributed by atoms with Crippen molar-refractivity contribution in [3.05, 3.63) is 0 Å². The van der Waals surface area contributed by atoms with E-state index in [0.29, 0.717) is 11.8 Å². The van der Waals surface area contributed by atoms with Gasteiger partial charge in [0, 0.05) is 12.5 Å². The lowest BCUT2D eigenvalue weighted by atomic mass is 9.43. The monoisotopic (exact) mass is 352 g/mol. The molecule has 3 N–H and O–H groups in total. The Kier molecular flexibility index (Phi) is 3.38. The summed E-state index contributed by atoms with van der Waals surface area (Å²) in [7, 11) is 1.66. The summed E-state index contributed by atoms with van der Waals surface area (Å²) >= 11 is 0. The third kappa shape index (κ3) is 1.73. The van der Waals surface area contributed by atoms with E-state index < -0.39 is 23.9 Å². The summed E-state index contributed by atoms with van der Waals surface area (Å²) in [5.41, 5.74) is -0.694. The van der Waals surface area contributed by atoms with Crippen LogP contribution in [0.3, 0.4) is 0 Å². The largest absolute Gasteiger partial charge is 0.393 e.